The molecule has 4 aromatic rings. The Balaban J connectivity index is 1.36. The number of benzene rings is 2. The van der Waals surface area contributed by atoms with Crippen molar-refractivity contribution in [2.75, 3.05) is 23.8 Å². The molecule has 7 nitrogen and oxygen atoms in total. The minimum Gasteiger partial charge on any atom is -0.482 e. The molecule has 9 heteroatoms. The minimum absolute atomic E-state index is 0.0415. The summed E-state index contributed by atoms with van der Waals surface area (Å²) in [6, 6.07) is 14.7. The summed E-state index contributed by atoms with van der Waals surface area (Å²) in [6.07, 6.45) is 1.63. The Morgan fingerprint density at radius 3 is 2.85 bits per heavy atom. The summed E-state index contributed by atoms with van der Waals surface area (Å²) in [5, 5.41) is 2.86. The van der Waals surface area contributed by atoms with E-state index >= 15 is 0 Å². The van der Waals surface area contributed by atoms with Gasteiger partial charge in [0.05, 0.1) is 16.8 Å². The molecule has 34 heavy (non-hydrogen) atoms. The van der Waals surface area contributed by atoms with E-state index in [4.69, 9.17) is 4.74 Å². The highest BCUT2D eigenvalue weighted by molar-refractivity contribution is 7.99. The van der Waals surface area contributed by atoms with Crippen LogP contribution in [0.25, 0.3) is 21.3 Å². The standard InChI is InChI=1S/C25H19N3O4S2/c1-2-10-28-18-11-16(8-9-20(18)32-12-21(28)30)19(29)14-34-25-26-23(31)22-17(13-33-24(22)27-25)15-6-4-3-5-7-15/h2-9,11,13H,1,10,12,14H2,(H,26,27,31). The van der Waals surface area contributed by atoms with Gasteiger partial charge in [-0.2, -0.15) is 0 Å². The number of ketones is 1. The smallest absolute Gasteiger partial charge is 0.265 e. The molecule has 0 radical (unpaired) electrons. The van der Waals surface area contributed by atoms with Gasteiger partial charge in [0, 0.05) is 23.1 Å². The van der Waals surface area contributed by atoms with E-state index in [1.807, 2.05) is 35.7 Å². The van der Waals surface area contributed by atoms with Gasteiger partial charge in [0.1, 0.15) is 10.6 Å². The second kappa shape index (κ2) is 9.28. The van der Waals surface area contributed by atoms with Crippen molar-refractivity contribution in [2.24, 2.45) is 0 Å². The summed E-state index contributed by atoms with van der Waals surface area (Å²) in [7, 11) is 0. The maximum atomic E-state index is 12.9. The Labute approximate surface area is 203 Å². The number of H-pyrrole nitrogens is 1. The lowest BCUT2D eigenvalue weighted by molar-refractivity contribution is -0.121. The Bertz CT molecular complexity index is 1480. The molecule has 1 aliphatic rings. The zero-order chi connectivity index (χ0) is 23.7. The lowest BCUT2D eigenvalue weighted by Crippen LogP contribution is -2.38. The lowest BCUT2D eigenvalue weighted by atomic mass is 10.1. The number of fused-ring (bicyclic) bond motifs is 2. The molecule has 2 aromatic carbocycles. The van der Waals surface area contributed by atoms with Crippen LogP contribution in [0.2, 0.25) is 0 Å². The van der Waals surface area contributed by atoms with Gasteiger partial charge in [-0.25, -0.2) is 4.98 Å². The number of thiophene rings is 1. The van der Waals surface area contributed by atoms with Gasteiger partial charge in [-0.3, -0.25) is 14.4 Å². The number of nitrogens with one attached hydrogen (secondary N) is 1. The van der Waals surface area contributed by atoms with Gasteiger partial charge >= 0.3 is 0 Å². The van der Waals surface area contributed by atoms with Crippen LogP contribution in [0, 0.1) is 0 Å². The fraction of sp³-hybridized carbons (Fsp3) is 0.120. The highest BCUT2D eigenvalue weighted by Gasteiger charge is 2.25. The molecule has 170 valence electrons. The fourth-order valence-corrected chi connectivity index (χ4v) is 5.51. The van der Waals surface area contributed by atoms with E-state index in [1.165, 1.54) is 23.1 Å². The molecule has 0 aliphatic carbocycles. The van der Waals surface area contributed by atoms with Crippen molar-refractivity contribution in [3.8, 4) is 16.9 Å². The number of ether oxygens (including phenoxy) is 1. The molecule has 0 bridgehead atoms. The molecule has 1 amide bonds. The van der Waals surface area contributed by atoms with E-state index in [1.54, 1.807) is 29.2 Å². The predicted molar refractivity (Wildman–Crippen MR) is 135 cm³/mol. The molecule has 2 aromatic heterocycles. The zero-order valence-electron chi connectivity index (χ0n) is 17.9. The van der Waals surface area contributed by atoms with Gasteiger partial charge in [0.25, 0.3) is 11.5 Å². The van der Waals surface area contributed by atoms with Crippen molar-refractivity contribution in [3.05, 3.63) is 82.5 Å². The van der Waals surface area contributed by atoms with Crippen molar-refractivity contribution in [2.45, 2.75) is 5.16 Å². The van der Waals surface area contributed by atoms with Crippen LogP contribution >= 0.6 is 23.1 Å². The van der Waals surface area contributed by atoms with Gasteiger partial charge in [0.2, 0.25) is 0 Å². The lowest BCUT2D eigenvalue weighted by Gasteiger charge is -2.28. The maximum Gasteiger partial charge on any atom is 0.265 e. The summed E-state index contributed by atoms with van der Waals surface area (Å²) in [5.41, 5.74) is 2.56. The van der Waals surface area contributed by atoms with Gasteiger partial charge in [-0.05, 0) is 23.8 Å². The van der Waals surface area contributed by atoms with Crippen molar-refractivity contribution < 1.29 is 14.3 Å². The summed E-state index contributed by atoms with van der Waals surface area (Å²) < 4.78 is 5.47. The molecule has 0 saturated heterocycles. The Kier molecular flexibility index (Phi) is 6.04. The number of carbonyl (C=O) groups is 2. The molecule has 0 saturated carbocycles. The van der Waals surface area contributed by atoms with Gasteiger partial charge < -0.3 is 14.6 Å². The van der Waals surface area contributed by atoms with E-state index in [0.717, 1.165) is 11.1 Å². The third-order valence-corrected chi connectivity index (χ3v) is 7.13. The quantitative estimate of drug-likeness (QED) is 0.177. The molecule has 1 N–H and O–H groups in total. The molecule has 0 unspecified atom stereocenters. The first-order valence-electron chi connectivity index (χ1n) is 10.5. The number of thioether (sulfide) groups is 1. The summed E-state index contributed by atoms with van der Waals surface area (Å²) in [5.74, 6) is 0.296. The van der Waals surface area contributed by atoms with Crippen LogP contribution in [-0.4, -0.2) is 40.6 Å². The molecule has 5 rings (SSSR count). The van der Waals surface area contributed by atoms with E-state index in [-0.39, 0.29) is 29.6 Å². The number of aromatic amines is 1. The van der Waals surface area contributed by atoms with Gasteiger partial charge in [0.15, 0.2) is 17.5 Å². The maximum absolute atomic E-state index is 12.9. The predicted octanol–water partition coefficient (Wildman–Crippen LogP) is 4.54. The van der Waals surface area contributed by atoms with Crippen molar-refractivity contribution >= 4 is 50.7 Å². The Morgan fingerprint density at radius 1 is 1.24 bits per heavy atom. The minimum atomic E-state index is -0.232. The van der Waals surface area contributed by atoms with Gasteiger partial charge in [-0.1, -0.05) is 48.2 Å². The molecular weight excluding hydrogens is 470 g/mol. The van der Waals surface area contributed by atoms with E-state index in [0.29, 0.717) is 38.9 Å². The monoisotopic (exact) mass is 489 g/mol. The van der Waals surface area contributed by atoms with Crippen LogP contribution in [0.15, 0.2) is 76.5 Å². The molecule has 0 fully saturated rings. The first kappa shape index (κ1) is 22.1. The second-order valence-corrected chi connectivity index (χ2v) is 9.36. The van der Waals surface area contributed by atoms with Crippen molar-refractivity contribution in [1.82, 2.24) is 9.97 Å². The molecular formula is C25H19N3O4S2. The van der Waals surface area contributed by atoms with E-state index < -0.39 is 0 Å². The number of Topliss-reactive ketones (excluding diaryl/α,β-unsaturated/α-hetero) is 1. The van der Waals surface area contributed by atoms with Crippen molar-refractivity contribution in [3.63, 3.8) is 0 Å². The Morgan fingerprint density at radius 2 is 2.06 bits per heavy atom. The summed E-state index contributed by atoms with van der Waals surface area (Å²) >= 11 is 2.57. The normalized spacial score (nSPS) is 12.9. The van der Waals surface area contributed by atoms with Gasteiger partial charge in [-0.15, -0.1) is 17.9 Å². The van der Waals surface area contributed by atoms with Crippen LogP contribution < -0.4 is 15.2 Å². The summed E-state index contributed by atoms with van der Waals surface area (Å²) in [6.45, 7) is 3.98. The largest absolute Gasteiger partial charge is 0.482 e. The number of hydrogen-bond donors (Lipinski definition) is 1. The average Bonchev–Trinajstić information content (AvgIpc) is 3.29. The summed E-state index contributed by atoms with van der Waals surface area (Å²) in [4.78, 5) is 47.4. The highest BCUT2D eigenvalue weighted by Crippen LogP contribution is 2.34. The highest BCUT2D eigenvalue weighted by atomic mass is 32.2. The average molecular weight is 490 g/mol. The topological polar surface area (TPSA) is 92.4 Å². The molecule has 0 atom stereocenters. The fourth-order valence-electron chi connectivity index (χ4n) is 3.75. The second-order valence-electron chi connectivity index (χ2n) is 7.54. The molecule has 3 heterocycles. The van der Waals surface area contributed by atoms with Crippen molar-refractivity contribution in [1.29, 1.82) is 0 Å². The number of carbonyl (C=O) groups excluding carboxylic acids is 2. The first-order valence-corrected chi connectivity index (χ1v) is 12.3. The zero-order valence-corrected chi connectivity index (χ0v) is 19.6. The molecule has 0 spiro atoms. The number of aromatic nitrogens is 2. The van der Waals surface area contributed by atoms with E-state index in [2.05, 4.69) is 16.5 Å². The first-order chi connectivity index (χ1) is 16.5. The van der Waals surface area contributed by atoms with Crippen LogP contribution in [-0.2, 0) is 4.79 Å². The number of anilines is 1. The molecule has 1 aliphatic heterocycles. The van der Waals surface area contributed by atoms with Crippen LogP contribution in [0.1, 0.15) is 10.4 Å². The number of hydrogen-bond acceptors (Lipinski definition) is 7. The number of rotatable bonds is 7. The third kappa shape index (κ3) is 4.15. The number of nitrogens with zero attached hydrogens (tertiary/aromatic N) is 2. The SMILES string of the molecule is C=CCN1C(=O)COc2ccc(C(=O)CSc3nc4scc(-c5ccccc5)c4c(=O)[nH]3)cc21. The third-order valence-electron chi connectivity index (χ3n) is 5.38. The number of amides is 1. The Hall–Kier alpha value is -3.69. The van der Waals surface area contributed by atoms with Crippen LogP contribution in [0.4, 0.5) is 5.69 Å². The van der Waals surface area contributed by atoms with Crippen LogP contribution in [0.5, 0.6) is 5.75 Å². The van der Waals surface area contributed by atoms with Crippen LogP contribution in [0.3, 0.4) is 0 Å². The van der Waals surface area contributed by atoms with E-state index in [9.17, 15) is 14.4 Å².